The van der Waals surface area contributed by atoms with Gasteiger partial charge in [0.15, 0.2) is 10.9 Å². The third kappa shape index (κ3) is 4.83. The molecule has 0 aliphatic carbocycles. The molecule has 4 rings (SSSR count). The van der Waals surface area contributed by atoms with E-state index in [1.807, 2.05) is 34.9 Å². The van der Waals surface area contributed by atoms with Crippen LogP contribution in [0.5, 0.6) is 0 Å². The van der Waals surface area contributed by atoms with Gasteiger partial charge in [0.05, 0.1) is 19.1 Å². The Morgan fingerprint density at radius 2 is 1.87 bits per heavy atom. The molecule has 154 valence electrons. The molecule has 0 fully saturated rings. The number of aromatic nitrogens is 3. The zero-order chi connectivity index (χ0) is 20.8. The number of nitrogens with zero attached hydrogens (tertiary/aromatic N) is 3. The topological polar surface area (TPSA) is 86.1 Å². The molecule has 8 heteroatoms. The average Bonchev–Trinajstić information content (AvgIpc) is 3.52. The van der Waals surface area contributed by atoms with Crippen molar-refractivity contribution in [1.82, 2.24) is 20.1 Å². The van der Waals surface area contributed by atoms with Gasteiger partial charge in [-0.1, -0.05) is 29.5 Å². The highest BCUT2D eigenvalue weighted by Gasteiger charge is 2.18. The first-order valence-corrected chi connectivity index (χ1v) is 10.7. The minimum Gasteiger partial charge on any atom is -0.467 e. The summed E-state index contributed by atoms with van der Waals surface area (Å²) in [5, 5.41) is 12.3. The normalized spacial score (nSPS) is 11.0. The maximum absolute atomic E-state index is 12.0. The maximum atomic E-state index is 12.0. The number of nitrogens with one attached hydrogen (secondary N) is 1. The van der Waals surface area contributed by atoms with Crippen molar-refractivity contribution >= 4 is 17.7 Å². The summed E-state index contributed by atoms with van der Waals surface area (Å²) in [4.78, 5) is 12.0. The Bertz CT molecular complexity index is 1070. The molecule has 1 N–H and O–H groups in total. The molecule has 0 aliphatic rings. The Hall–Kier alpha value is -3.26. The molecule has 0 saturated carbocycles. The second-order valence-corrected chi connectivity index (χ2v) is 7.82. The molecular formula is C22H22N4O3S. The zero-order valence-corrected chi connectivity index (χ0v) is 17.4. The highest BCUT2D eigenvalue weighted by atomic mass is 32.2. The summed E-state index contributed by atoms with van der Waals surface area (Å²) in [5.74, 6) is 2.81. The van der Waals surface area contributed by atoms with Crippen molar-refractivity contribution in [2.75, 3.05) is 5.75 Å². The summed E-state index contributed by atoms with van der Waals surface area (Å²) in [5.41, 5.74) is 2.15. The number of furan rings is 2. The summed E-state index contributed by atoms with van der Waals surface area (Å²) in [6, 6.07) is 15.5. The lowest BCUT2D eigenvalue weighted by molar-refractivity contribution is -0.121. The van der Waals surface area contributed by atoms with Gasteiger partial charge in [0, 0.05) is 17.9 Å². The van der Waals surface area contributed by atoms with E-state index in [0.717, 1.165) is 28.8 Å². The quantitative estimate of drug-likeness (QED) is 0.313. The lowest BCUT2D eigenvalue weighted by atomic mass is 10.2. The highest BCUT2D eigenvalue weighted by Crippen LogP contribution is 2.28. The molecule has 0 saturated heterocycles. The monoisotopic (exact) mass is 422 g/mol. The Balaban J connectivity index is 1.39. The standard InChI is InChI=1S/C22H22N4O3S/c1-16-8-10-17(11-9-16)26-21(19-6-3-13-29-19)24-25-22(26)30-14-4-7-20(27)23-15-18-5-2-12-28-18/h2-3,5-6,8-13H,4,7,14-15H2,1H3,(H,23,27). The Kier molecular flexibility index (Phi) is 6.34. The number of carbonyl (C=O) groups is 1. The number of thioether (sulfide) groups is 1. The molecule has 0 bridgehead atoms. The van der Waals surface area contributed by atoms with Crippen molar-refractivity contribution in [3.8, 4) is 17.3 Å². The fourth-order valence-electron chi connectivity index (χ4n) is 2.94. The minimum atomic E-state index is 0.00303. The molecule has 0 radical (unpaired) electrons. The van der Waals surface area contributed by atoms with Gasteiger partial charge in [0.1, 0.15) is 5.76 Å². The van der Waals surface area contributed by atoms with Gasteiger partial charge < -0.3 is 14.2 Å². The lowest BCUT2D eigenvalue weighted by Crippen LogP contribution is -2.22. The van der Waals surface area contributed by atoms with Crippen LogP contribution in [0, 0.1) is 6.92 Å². The van der Waals surface area contributed by atoms with Crippen LogP contribution < -0.4 is 5.32 Å². The van der Waals surface area contributed by atoms with Crippen molar-refractivity contribution < 1.29 is 13.6 Å². The molecule has 7 nitrogen and oxygen atoms in total. The van der Waals surface area contributed by atoms with Crippen LogP contribution in [0.2, 0.25) is 0 Å². The molecule has 0 unspecified atom stereocenters. The van der Waals surface area contributed by atoms with Gasteiger partial charge in [0.25, 0.3) is 0 Å². The maximum Gasteiger partial charge on any atom is 0.220 e. The molecule has 3 aromatic heterocycles. The van der Waals surface area contributed by atoms with E-state index in [9.17, 15) is 4.79 Å². The van der Waals surface area contributed by atoms with Crippen LogP contribution >= 0.6 is 11.8 Å². The summed E-state index contributed by atoms with van der Waals surface area (Å²) < 4.78 is 12.7. The molecule has 3 heterocycles. The second kappa shape index (κ2) is 9.49. The first-order valence-electron chi connectivity index (χ1n) is 9.69. The van der Waals surface area contributed by atoms with Gasteiger partial charge in [-0.3, -0.25) is 9.36 Å². The number of benzene rings is 1. The number of amides is 1. The number of carbonyl (C=O) groups excluding carboxylic acids is 1. The van der Waals surface area contributed by atoms with Crippen molar-refractivity contribution in [3.05, 3.63) is 72.4 Å². The van der Waals surface area contributed by atoms with E-state index in [2.05, 4.69) is 34.6 Å². The fourth-order valence-corrected chi connectivity index (χ4v) is 3.83. The van der Waals surface area contributed by atoms with E-state index in [4.69, 9.17) is 8.83 Å². The molecule has 0 atom stereocenters. The van der Waals surface area contributed by atoms with Gasteiger partial charge >= 0.3 is 0 Å². The Morgan fingerprint density at radius 1 is 1.07 bits per heavy atom. The smallest absolute Gasteiger partial charge is 0.220 e. The zero-order valence-electron chi connectivity index (χ0n) is 16.6. The van der Waals surface area contributed by atoms with Crippen LogP contribution in [0.1, 0.15) is 24.2 Å². The predicted octanol–water partition coefficient (Wildman–Crippen LogP) is 4.62. The number of rotatable bonds is 9. The third-order valence-corrected chi connectivity index (χ3v) is 5.50. The molecule has 4 aromatic rings. The summed E-state index contributed by atoms with van der Waals surface area (Å²) in [6.45, 7) is 2.46. The molecule has 30 heavy (non-hydrogen) atoms. The molecule has 0 aliphatic heterocycles. The molecular weight excluding hydrogens is 400 g/mol. The van der Waals surface area contributed by atoms with E-state index < -0.39 is 0 Å². The van der Waals surface area contributed by atoms with Crippen molar-refractivity contribution in [2.24, 2.45) is 0 Å². The summed E-state index contributed by atoms with van der Waals surface area (Å²) in [6.07, 6.45) is 4.39. The number of aryl methyl sites for hydroxylation is 1. The summed E-state index contributed by atoms with van der Waals surface area (Å²) in [7, 11) is 0. The summed E-state index contributed by atoms with van der Waals surface area (Å²) >= 11 is 1.57. The van der Waals surface area contributed by atoms with Crippen LogP contribution in [0.25, 0.3) is 17.3 Å². The van der Waals surface area contributed by atoms with E-state index in [0.29, 0.717) is 24.6 Å². The minimum absolute atomic E-state index is 0.00303. The van der Waals surface area contributed by atoms with E-state index in [1.165, 1.54) is 5.56 Å². The molecule has 1 aromatic carbocycles. The van der Waals surface area contributed by atoms with Gasteiger partial charge in [-0.05, 0) is 49.7 Å². The lowest BCUT2D eigenvalue weighted by Gasteiger charge is -2.09. The predicted molar refractivity (Wildman–Crippen MR) is 114 cm³/mol. The highest BCUT2D eigenvalue weighted by molar-refractivity contribution is 7.99. The third-order valence-electron chi connectivity index (χ3n) is 4.49. The number of hydrogen-bond acceptors (Lipinski definition) is 6. The van der Waals surface area contributed by atoms with Crippen LogP contribution in [-0.4, -0.2) is 26.4 Å². The van der Waals surface area contributed by atoms with Crippen LogP contribution in [0.3, 0.4) is 0 Å². The van der Waals surface area contributed by atoms with Crippen LogP contribution in [0.15, 0.2) is 75.0 Å². The fraction of sp³-hybridized carbons (Fsp3) is 0.227. The number of hydrogen-bond donors (Lipinski definition) is 1. The Morgan fingerprint density at radius 3 is 2.60 bits per heavy atom. The second-order valence-electron chi connectivity index (χ2n) is 6.76. The van der Waals surface area contributed by atoms with E-state index in [1.54, 1.807) is 30.4 Å². The average molecular weight is 423 g/mol. The first-order chi connectivity index (χ1) is 14.7. The van der Waals surface area contributed by atoms with Crippen molar-refractivity contribution in [3.63, 3.8) is 0 Å². The van der Waals surface area contributed by atoms with Crippen LogP contribution in [-0.2, 0) is 11.3 Å². The largest absolute Gasteiger partial charge is 0.467 e. The van der Waals surface area contributed by atoms with Crippen LogP contribution in [0.4, 0.5) is 0 Å². The van der Waals surface area contributed by atoms with Crippen molar-refractivity contribution in [2.45, 2.75) is 31.5 Å². The van der Waals surface area contributed by atoms with E-state index in [-0.39, 0.29) is 5.91 Å². The van der Waals surface area contributed by atoms with Gasteiger partial charge in [0.2, 0.25) is 11.7 Å². The first kappa shape index (κ1) is 20.0. The SMILES string of the molecule is Cc1ccc(-n2c(SCCCC(=O)NCc3ccco3)nnc2-c2ccco2)cc1. The van der Waals surface area contributed by atoms with Crippen molar-refractivity contribution in [1.29, 1.82) is 0 Å². The molecule has 0 spiro atoms. The van der Waals surface area contributed by atoms with Gasteiger partial charge in [-0.25, -0.2) is 0 Å². The van der Waals surface area contributed by atoms with Gasteiger partial charge in [-0.15, -0.1) is 10.2 Å². The van der Waals surface area contributed by atoms with E-state index >= 15 is 0 Å². The van der Waals surface area contributed by atoms with Gasteiger partial charge in [-0.2, -0.15) is 0 Å². The molecule has 1 amide bonds. The Labute approximate surface area is 178 Å².